The van der Waals surface area contributed by atoms with Gasteiger partial charge in [0.2, 0.25) is 5.91 Å². The van der Waals surface area contributed by atoms with Gasteiger partial charge in [-0.3, -0.25) is 4.79 Å². The number of nitrogens with one attached hydrogen (secondary N) is 1. The Morgan fingerprint density at radius 1 is 1.04 bits per heavy atom. The van der Waals surface area contributed by atoms with Crippen molar-refractivity contribution < 1.29 is 13.6 Å². The van der Waals surface area contributed by atoms with Crippen molar-refractivity contribution in [3.05, 3.63) is 65.5 Å². The van der Waals surface area contributed by atoms with Gasteiger partial charge in [0.15, 0.2) is 5.13 Å². The van der Waals surface area contributed by atoms with Gasteiger partial charge in [-0.05, 0) is 48.5 Å². The molecule has 0 bridgehead atoms. The highest BCUT2D eigenvalue weighted by molar-refractivity contribution is 7.99. The Hall–Kier alpha value is -2.25. The molecular formula is C18H14F2N2OS2. The molecule has 0 aliphatic rings. The lowest BCUT2D eigenvalue weighted by atomic mass is 10.2. The van der Waals surface area contributed by atoms with Gasteiger partial charge in [-0.15, -0.1) is 23.1 Å². The highest BCUT2D eigenvalue weighted by Gasteiger charge is 2.08. The zero-order valence-electron chi connectivity index (χ0n) is 13.0. The summed E-state index contributed by atoms with van der Waals surface area (Å²) in [6, 6.07) is 12.2. The number of aromatic nitrogens is 1. The van der Waals surface area contributed by atoms with Crippen molar-refractivity contribution in [1.82, 2.24) is 4.98 Å². The number of benzene rings is 2. The zero-order chi connectivity index (χ0) is 17.6. The van der Waals surface area contributed by atoms with Gasteiger partial charge in [-0.2, -0.15) is 0 Å². The predicted molar refractivity (Wildman–Crippen MR) is 97.9 cm³/mol. The number of anilines is 1. The van der Waals surface area contributed by atoms with Crippen molar-refractivity contribution in [2.75, 3.05) is 11.1 Å². The first-order chi connectivity index (χ1) is 12.1. The maximum absolute atomic E-state index is 12.9. The fraction of sp³-hybridized carbons (Fsp3) is 0.111. The number of thiazole rings is 1. The van der Waals surface area contributed by atoms with E-state index in [1.54, 1.807) is 24.3 Å². The third-order valence-corrected chi connectivity index (χ3v) is 5.07. The van der Waals surface area contributed by atoms with Gasteiger partial charge in [0.1, 0.15) is 11.6 Å². The first-order valence-electron chi connectivity index (χ1n) is 7.50. The van der Waals surface area contributed by atoms with Gasteiger partial charge in [0.05, 0.1) is 5.69 Å². The van der Waals surface area contributed by atoms with E-state index >= 15 is 0 Å². The van der Waals surface area contributed by atoms with Crippen LogP contribution in [0.4, 0.5) is 13.9 Å². The third kappa shape index (κ3) is 5.11. The van der Waals surface area contributed by atoms with Crippen molar-refractivity contribution in [1.29, 1.82) is 0 Å². The monoisotopic (exact) mass is 376 g/mol. The molecule has 1 aromatic heterocycles. The Morgan fingerprint density at radius 2 is 1.68 bits per heavy atom. The number of nitrogens with zero attached hydrogens (tertiary/aromatic N) is 1. The summed E-state index contributed by atoms with van der Waals surface area (Å²) in [6.45, 7) is 0. The Kier molecular flexibility index (Phi) is 5.78. The zero-order valence-corrected chi connectivity index (χ0v) is 14.7. The molecule has 0 unspecified atom stereocenters. The van der Waals surface area contributed by atoms with Crippen LogP contribution in [-0.2, 0) is 4.79 Å². The van der Waals surface area contributed by atoms with E-state index in [2.05, 4.69) is 10.3 Å². The molecule has 0 atom stereocenters. The van der Waals surface area contributed by atoms with E-state index in [0.717, 1.165) is 10.5 Å². The van der Waals surface area contributed by atoms with Crippen LogP contribution in [0.1, 0.15) is 6.42 Å². The molecule has 0 fully saturated rings. The van der Waals surface area contributed by atoms with Gasteiger partial charge in [0, 0.05) is 28.0 Å². The van der Waals surface area contributed by atoms with E-state index in [9.17, 15) is 13.6 Å². The number of carbonyl (C=O) groups is 1. The molecule has 0 saturated carbocycles. The van der Waals surface area contributed by atoms with E-state index in [1.165, 1.54) is 47.4 Å². The molecule has 3 rings (SSSR count). The quantitative estimate of drug-likeness (QED) is 0.601. The SMILES string of the molecule is O=C(CCSc1ccc(F)cc1)Nc1nc(-c2ccc(F)cc2)cs1. The second-order valence-electron chi connectivity index (χ2n) is 5.15. The van der Waals surface area contributed by atoms with Crippen LogP contribution in [-0.4, -0.2) is 16.6 Å². The Balaban J connectivity index is 1.49. The number of carbonyl (C=O) groups excluding carboxylic acids is 1. The molecule has 1 N–H and O–H groups in total. The summed E-state index contributed by atoms with van der Waals surface area (Å²) < 4.78 is 25.8. The first-order valence-corrected chi connectivity index (χ1v) is 9.36. The molecule has 128 valence electrons. The fourth-order valence-corrected chi connectivity index (χ4v) is 3.65. The van der Waals surface area contributed by atoms with Gasteiger partial charge < -0.3 is 5.32 Å². The van der Waals surface area contributed by atoms with Gasteiger partial charge in [-0.25, -0.2) is 13.8 Å². The summed E-state index contributed by atoms with van der Waals surface area (Å²) in [5, 5.41) is 5.09. The molecule has 25 heavy (non-hydrogen) atoms. The van der Waals surface area contributed by atoms with E-state index in [4.69, 9.17) is 0 Å². The predicted octanol–water partition coefficient (Wildman–Crippen LogP) is 5.21. The number of thioether (sulfide) groups is 1. The number of rotatable bonds is 6. The summed E-state index contributed by atoms with van der Waals surface area (Å²) in [5.74, 6) is -0.114. The van der Waals surface area contributed by atoms with Crippen LogP contribution in [0.3, 0.4) is 0 Å². The number of hydrogen-bond donors (Lipinski definition) is 1. The Morgan fingerprint density at radius 3 is 2.36 bits per heavy atom. The summed E-state index contributed by atoms with van der Waals surface area (Å²) in [5.41, 5.74) is 1.49. The minimum absolute atomic E-state index is 0.130. The third-order valence-electron chi connectivity index (χ3n) is 3.30. The molecule has 2 aromatic carbocycles. The maximum Gasteiger partial charge on any atom is 0.226 e. The molecule has 0 radical (unpaired) electrons. The highest BCUT2D eigenvalue weighted by atomic mass is 32.2. The average molecular weight is 376 g/mol. The van der Waals surface area contributed by atoms with Gasteiger partial charge >= 0.3 is 0 Å². The van der Waals surface area contributed by atoms with E-state index < -0.39 is 0 Å². The number of hydrogen-bond acceptors (Lipinski definition) is 4. The molecular weight excluding hydrogens is 362 g/mol. The second kappa shape index (κ2) is 8.22. The van der Waals surface area contributed by atoms with Gasteiger partial charge in [0.25, 0.3) is 0 Å². The Bertz CT molecular complexity index is 848. The molecule has 1 heterocycles. The van der Waals surface area contributed by atoms with Crippen LogP contribution in [0.5, 0.6) is 0 Å². The van der Waals surface area contributed by atoms with E-state index in [-0.39, 0.29) is 17.5 Å². The second-order valence-corrected chi connectivity index (χ2v) is 7.17. The number of halogens is 2. The standard InChI is InChI=1S/C18H14F2N2OS2/c19-13-3-1-12(2-4-13)16-11-25-18(21-16)22-17(23)9-10-24-15-7-5-14(20)6-8-15/h1-8,11H,9-10H2,(H,21,22,23). The van der Waals surface area contributed by atoms with Crippen molar-refractivity contribution >= 4 is 34.1 Å². The highest BCUT2D eigenvalue weighted by Crippen LogP contribution is 2.25. The average Bonchev–Trinajstić information content (AvgIpc) is 3.06. The van der Waals surface area contributed by atoms with Crippen LogP contribution in [0.25, 0.3) is 11.3 Å². The smallest absolute Gasteiger partial charge is 0.226 e. The lowest BCUT2D eigenvalue weighted by Crippen LogP contribution is -2.11. The lowest BCUT2D eigenvalue weighted by Gasteiger charge is -2.02. The lowest BCUT2D eigenvalue weighted by molar-refractivity contribution is -0.115. The molecule has 0 saturated heterocycles. The molecule has 3 nitrogen and oxygen atoms in total. The van der Waals surface area contributed by atoms with E-state index in [0.29, 0.717) is 23.0 Å². The molecule has 7 heteroatoms. The summed E-state index contributed by atoms with van der Waals surface area (Å²) in [7, 11) is 0. The first kappa shape index (κ1) is 17.6. The normalized spacial score (nSPS) is 10.6. The minimum Gasteiger partial charge on any atom is -0.302 e. The van der Waals surface area contributed by atoms with Crippen LogP contribution in [0.15, 0.2) is 58.8 Å². The molecule has 3 aromatic rings. The van der Waals surface area contributed by atoms with Crippen LogP contribution in [0.2, 0.25) is 0 Å². The minimum atomic E-state index is -0.300. The van der Waals surface area contributed by atoms with Crippen LogP contribution < -0.4 is 5.32 Å². The van der Waals surface area contributed by atoms with Gasteiger partial charge in [-0.1, -0.05) is 0 Å². The van der Waals surface area contributed by atoms with Crippen molar-refractivity contribution in [3.63, 3.8) is 0 Å². The Labute approximate surface area is 152 Å². The molecule has 0 aliphatic heterocycles. The molecule has 0 spiro atoms. The van der Waals surface area contributed by atoms with Crippen LogP contribution >= 0.6 is 23.1 Å². The number of amides is 1. The molecule has 0 aliphatic carbocycles. The largest absolute Gasteiger partial charge is 0.302 e. The van der Waals surface area contributed by atoms with Crippen molar-refractivity contribution in [3.8, 4) is 11.3 Å². The van der Waals surface area contributed by atoms with Crippen LogP contribution in [0, 0.1) is 11.6 Å². The van der Waals surface area contributed by atoms with Crippen molar-refractivity contribution in [2.45, 2.75) is 11.3 Å². The summed E-state index contributed by atoms with van der Waals surface area (Å²) in [4.78, 5) is 17.2. The topological polar surface area (TPSA) is 42.0 Å². The van der Waals surface area contributed by atoms with Crippen molar-refractivity contribution in [2.24, 2.45) is 0 Å². The molecule has 1 amide bonds. The fourth-order valence-electron chi connectivity index (χ4n) is 2.06. The van der Waals surface area contributed by atoms with E-state index in [1.807, 2.05) is 5.38 Å². The summed E-state index contributed by atoms with van der Waals surface area (Å²) >= 11 is 2.81. The maximum atomic E-state index is 12.9. The summed E-state index contributed by atoms with van der Waals surface area (Å²) in [6.07, 6.45) is 0.327.